The molecule has 6 nitrogen and oxygen atoms in total. The van der Waals surface area contributed by atoms with Gasteiger partial charge in [0.25, 0.3) is 0 Å². The maximum absolute atomic E-state index is 12.8. The van der Waals surface area contributed by atoms with Crippen molar-refractivity contribution in [2.75, 3.05) is 13.2 Å². The molecule has 0 saturated carbocycles. The van der Waals surface area contributed by atoms with E-state index in [-0.39, 0.29) is 31.1 Å². The van der Waals surface area contributed by atoms with E-state index in [9.17, 15) is 14.4 Å². The maximum Gasteiger partial charge on any atom is 0.306 e. The quantitative estimate of drug-likeness (QED) is 0.0343. The second kappa shape index (κ2) is 55.3. The van der Waals surface area contributed by atoms with Gasteiger partial charge in [-0.15, -0.1) is 0 Å². The molecule has 1 atom stereocenters. The monoisotopic (exact) mass is 947 g/mol. The molecule has 0 fully saturated rings. The van der Waals surface area contributed by atoms with E-state index in [1.54, 1.807) is 0 Å². The van der Waals surface area contributed by atoms with Gasteiger partial charge < -0.3 is 14.2 Å². The summed E-state index contributed by atoms with van der Waals surface area (Å²) < 4.78 is 16.9. The molecule has 67 heavy (non-hydrogen) atoms. The molecule has 0 bridgehead atoms. The summed E-state index contributed by atoms with van der Waals surface area (Å²) in [5.41, 5.74) is 0. The lowest BCUT2D eigenvalue weighted by Gasteiger charge is -2.18. The van der Waals surface area contributed by atoms with Crippen molar-refractivity contribution in [3.8, 4) is 0 Å². The Hall–Kier alpha value is -1.59. The highest BCUT2D eigenvalue weighted by molar-refractivity contribution is 5.71. The van der Waals surface area contributed by atoms with Crippen molar-refractivity contribution in [3.63, 3.8) is 0 Å². The molecule has 0 radical (unpaired) electrons. The first-order valence-corrected chi connectivity index (χ1v) is 30.4. The highest BCUT2D eigenvalue weighted by Gasteiger charge is 2.19. The largest absolute Gasteiger partial charge is 0.462 e. The van der Waals surface area contributed by atoms with Crippen LogP contribution in [0.1, 0.15) is 349 Å². The molecular weight excluding hydrogens is 829 g/mol. The van der Waals surface area contributed by atoms with Crippen LogP contribution < -0.4 is 0 Å². The second-order valence-electron chi connectivity index (χ2n) is 21.5. The fourth-order valence-corrected chi connectivity index (χ4v) is 9.46. The number of esters is 3. The number of carbonyl (C=O) groups excluding carboxylic acids is 3. The number of carbonyl (C=O) groups is 3. The fourth-order valence-electron chi connectivity index (χ4n) is 9.46. The average Bonchev–Trinajstić information content (AvgIpc) is 3.31. The van der Waals surface area contributed by atoms with Crippen LogP contribution in [-0.2, 0) is 28.6 Å². The van der Waals surface area contributed by atoms with E-state index in [1.807, 2.05) is 0 Å². The molecule has 0 aromatic heterocycles. The highest BCUT2D eigenvalue weighted by atomic mass is 16.6. The van der Waals surface area contributed by atoms with Crippen LogP contribution in [0.3, 0.4) is 0 Å². The average molecular weight is 948 g/mol. The van der Waals surface area contributed by atoms with Crippen LogP contribution in [0.2, 0.25) is 0 Å². The Labute approximate surface area is 418 Å². The van der Waals surface area contributed by atoms with Crippen LogP contribution in [-0.4, -0.2) is 37.2 Å². The molecule has 0 spiro atoms. The van der Waals surface area contributed by atoms with Gasteiger partial charge in [0, 0.05) is 19.3 Å². The second-order valence-corrected chi connectivity index (χ2v) is 21.5. The molecule has 0 aliphatic carbocycles. The third-order valence-corrected chi connectivity index (χ3v) is 14.0. The van der Waals surface area contributed by atoms with E-state index in [4.69, 9.17) is 14.2 Å². The van der Waals surface area contributed by atoms with E-state index in [2.05, 4.69) is 27.7 Å². The number of rotatable bonds is 56. The summed E-state index contributed by atoms with van der Waals surface area (Å²) in [6, 6.07) is 0. The lowest BCUT2D eigenvalue weighted by Crippen LogP contribution is -2.30. The molecule has 0 amide bonds. The predicted octanol–water partition coefficient (Wildman–Crippen LogP) is 20.2. The lowest BCUT2D eigenvalue weighted by atomic mass is 10.0. The van der Waals surface area contributed by atoms with Crippen LogP contribution in [0, 0.1) is 5.92 Å². The zero-order valence-electron chi connectivity index (χ0n) is 45.9. The highest BCUT2D eigenvalue weighted by Crippen LogP contribution is 2.18. The number of unbranched alkanes of at least 4 members (excludes halogenated alkanes) is 43. The number of hydrogen-bond donors (Lipinski definition) is 0. The van der Waals surface area contributed by atoms with Crippen molar-refractivity contribution in [1.29, 1.82) is 0 Å². The number of ether oxygens (including phenoxy) is 3. The van der Waals surface area contributed by atoms with Gasteiger partial charge in [-0.25, -0.2) is 0 Å². The van der Waals surface area contributed by atoms with Gasteiger partial charge in [-0.05, 0) is 25.2 Å². The molecule has 0 heterocycles. The van der Waals surface area contributed by atoms with Gasteiger partial charge in [0.15, 0.2) is 6.10 Å². The van der Waals surface area contributed by atoms with Crippen LogP contribution in [0.5, 0.6) is 0 Å². The van der Waals surface area contributed by atoms with E-state index in [0.29, 0.717) is 19.3 Å². The molecular formula is C61H118O6. The molecule has 0 unspecified atom stereocenters. The van der Waals surface area contributed by atoms with Crippen molar-refractivity contribution < 1.29 is 28.6 Å². The smallest absolute Gasteiger partial charge is 0.306 e. The van der Waals surface area contributed by atoms with E-state index < -0.39 is 6.10 Å². The van der Waals surface area contributed by atoms with Gasteiger partial charge in [0.05, 0.1) is 0 Å². The molecule has 0 aromatic rings. The minimum absolute atomic E-state index is 0.0616. The maximum atomic E-state index is 12.8. The van der Waals surface area contributed by atoms with Crippen LogP contribution in [0.25, 0.3) is 0 Å². The Morgan fingerprint density at radius 3 is 0.731 bits per heavy atom. The summed E-state index contributed by atoms with van der Waals surface area (Å²) in [4.78, 5) is 38.2. The van der Waals surface area contributed by atoms with Gasteiger partial charge in [0.2, 0.25) is 0 Å². The molecule has 0 saturated heterocycles. The Morgan fingerprint density at radius 2 is 0.493 bits per heavy atom. The Morgan fingerprint density at radius 1 is 0.284 bits per heavy atom. The zero-order valence-corrected chi connectivity index (χ0v) is 45.9. The summed E-state index contributed by atoms with van der Waals surface area (Å²) >= 11 is 0. The third-order valence-electron chi connectivity index (χ3n) is 14.0. The summed E-state index contributed by atoms with van der Waals surface area (Å²) in [5, 5.41) is 0. The fraction of sp³-hybridized carbons (Fsp3) is 0.951. The van der Waals surface area contributed by atoms with Gasteiger partial charge in [-0.3, -0.25) is 14.4 Å². The molecule has 0 aromatic carbocycles. The Kier molecular flexibility index (Phi) is 54.0. The molecule has 0 aliphatic rings. The SMILES string of the molecule is CCCCCCCCCCCCCCCCCCCCCC(=O)OC[C@H](COC(=O)CCCCCCCCCCCCCCCCCCC(C)C)OC(=O)CCCCCCCCCCCCC. The van der Waals surface area contributed by atoms with Crippen molar-refractivity contribution >= 4 is 17.9 Å². The Balaban J connectivity index is 4.21. The topological polar surface area (TPSA) is 78.9 Å². The molecule has 0 aliphatic heterocycles. The Bertz CT molecular complexity index is 1010. The molecule has 0 N–H and O–H groups in total. The van der Waals surface area contributed by atoms with Crippen molar-refractivity contribution in [2.24, 2.45) is 5.92 Å². The third kappa shape index (κ3) is 55.2. The van der Waals surface area contributed by atoms with Crippen molar-refractivity contribution in [1.82, 2.24) is 0 Å². The first-order valence-electron chi connectivity index (χ1n) is 30.4. The van der Waals surface area contributed by atoms with Gasteiger partial charge >= 0.3 is 17.9 Å². The minimum atomic E-state index is -0.761. The molecule has 0 rings (SSSR count). The minimum Gasteiger partial charge on any atom is -0.462 e. The standard InChI is InChI=1S/C61H118O6/c1-5-7-9-11-13-15-17-18-19-20-21-22-26-29-33-36-40-44-48-52-59(62)65-55-58(67-61(64)54-50-46-42-38-31-16-14-12-10-8-6-2)56-66-60(63)53-49-45-41-37-34-30-27-24-23-25-28-32-35-39-43-47-51-57(3)4/h57-58H,5-56H2,1-4H3/t58-/m1/s1. The lowest BCUT2D eigenvalue weighted by molar-refractivity contribution is -0.167. The van der Waals surface area contributed by atoms with Crippen molar-refractivity contribution in [2.45, 2.75) is 355 Å². The number of hydrogen-bond acceptors (Lipinski definition) is 6. The first kappa shape index (κ1) is 65.4. The van der Waals surface area contributed by atoms with Gasteiger partial charge in [-0.2, -0.15) is 0 Å². The molecule has 6 heteroatoms. The molecule has 398 valence electrons. The van der Waals surface area contributed by atoms with Crippen LogP contribution in [0.4, 0.5) is 0 Å². The van der Waals surface area contributed by atoms with E-state index >= 15 is 0 Å². The summed E-state index contributed by atoms with van der Waals surface area (Å²) in [6.45, 7) is 9.07. The van der Waals surface area contributed by atoms with Crippen LogP contribution in [0.15, 0.2) is 0 Å². The van der Waals surface area contributed by atoms with Gasteiger partial charge in [0.1, 0.15) is 13.2 Å². The summed E-state index contributed by atoms with van der Waals surface area (Å²) in [7, 11) is 0. The van der Waals surface area contributed by atoms with Crippen molar-refractivity contribution in [3.05, 3.63) is 0 Å². The zero-order chi connectivity index (χ0) is 48.8. The van der Waals surface area contributed by atoms with E-state index in [0.717, 1.165) is 63.7 Å². The first-order chi connectivity index (χ1) is 32.9. The summed E-state index contributed by atoms with van der Waals surface area (Å²) in [6.07, 6.45) is 61.0. The van der Waals surface area contributed by atoms with E-state index in [1.165, 1.54) is 244 Å². The van der Waals surface area contributed by atoms with Crippen LogP contribution >= 0.6 is 0 Å². The summed E-state index contributed by atoms with van der Waals surface area (Å²) in [5.74, 6) is 0.0197. The normalized spacial score (nSPS) is 12.0. The predicted molar refractivity (Wildman–Crippen MR) is 289 cm³/mol. The van der Waals surface area contributed by atoms with Gasteiger partial charge in [-0.1, -0.05) is 310 Å².